The zero-order chi connectivity index (χ0) is 14.3. The lowest BCUT2D eigenvalue weighted by Crippen LogP contribution is -2.07. The first-order chi connectivity index (χ1) is 9.54. The van der Waals surface area contributed by atoms with Crippen molar-refractivity contribution in [3.63, 3.8) is 0 Å². The second-order valence-electron chi connectivity index (χ2n) is 4.53. The van der Waals surface area contributed by atoms with Crippen LogP contribution in [0, 0.1) is 13.8 Å². The molecule has 8 heteroatoms. The number of aryl methyl sites for hydroxylation is 3. The summed E-state index contributed by atoms with van der Waals surface area (Å²) in [6, 6.07) is 0. The molecule has 0 aliphatic rings. The van der Waals surface area contributed by atoms with Crippen LogP contribution in [0.1, 0.15) is 17.3 Å². The highest BCUT2D eigenvalue weighted by molar-refractivity contribution is 5.86. The molecule has 0 aromatic carbocycles. The van der Waals surface area contributed by atoms with Crippen LogP contribution >= 0.6 is 0 Å². The van der Waals surface area contributed by atoms with E-state index >= 15 is 0 Å². The molecule has 0 atom stereocenters. The maximum absolute atomic E-state index is 5.89. The average molecular weight is 273 g/mol. The number of hydrogen-bond donors (Lipinski definition) is 2. The molecule has 0 amide bonds. The van der Waals surface area contributed by atoms with Crippen molar-refractivity contribution in [3.05, 3.63) is 23.5 Å². The molecule has 0 saturated carbocycles. The molecule has 0 spiro atoms. The van der Waals surface area contributed by atoms with E-state index in [4.69, 9.17) is 10.2 Å². The molecule has 0 bridgehead atoms. The quantitative estimate of drug-likeness (QED) is 0.737. The molecule has 3 aromatic rings. The first-order valence-corrected chi connectivity index (χ1v) is 6.16. The number of aromatic nitrogens is 5. The molecule has 3 N–H and O–H groups in total. The minimum absolute atomic E-state index is 0.399. The van der Waals surface area contributed by atoms with Crippen LogP contribution in [0.15, 0.2) is 10.6 Å². The summed E-state index contributed by atoms with van der Waals surface area (Å²) in [5.41, 5.74) is 7.43. The van der Waals surface area contributed by atoms with Crippen LogP contribution in [0.4, 0.5) is 11.8 Å². The summed E-state index contributed by atoms with van der Waals surface area (Å²) in [4.78, 5) is 12.8. The molecule has 0 fully saturated rings. The van der Waals surface area contributed by atoms with Gasteiger partial charge < -0.3 is 15.5 Å². The fourth-order valence-electron chi connectivity index (χ4n) is 2.02. The fourth-order valence-corrected chi connectivity index (χ4v) is 2.02. The van der Waals surface area contributed by atoms with Crippen molar-refractivity contribution in [2.75, 3.05) is 11.1 Å². The molecular formula is C12H15N7O. The maximum atomic E-state index is 5.89. The summed E-state index contributed by atoms with van der Waals surface area (Å²) in [6.45, 7) is 4.16. The van der Waals surface area contributed by atoms with Crippen molar-refractivity contribution >= 4 is 22.8 Å². The molecule has 0 aliphatic heterocycles. The van der Waals surface area contributed by atoms with E-state index in [1.165, 1.54) is 0 Å². The molecule has 0 radical (unpaired) electrons. The van der Waals surface area contributed by atoms with Gasteiger partial charge in [-0.1, -0.05) is 0 Å². The van der Waals surface area contributed by atoms with Crippen LogP contribution in [0.25, 0.3) is 11.0 Å². The highest BCUT2D eigenvalue weighted by Crippen LogP contribution is 2.19. The van der Waals surface area contributed by atoms with Crippen LogP contribution in [0.3, 0.4) is 0 Å². The van der Waals surface area contributed by atoms with E-state index in [2.05, 4.69) is 25.4 Å². The Morgan fingerprint density at radius 1 is 1.30 bits per heavy atom. The van der Waals surface area contributed by atoms with Gasteiger partial charge in [0.1, 0.15) is 11.6 Å². The van der Waals surface area contributed by atoms with E-state index < -0.39 is 0 Å². The number of nitrogen functional groups attached to an aromatic ring is 1. The number of fused-ring (bicyclic) bond motifs is 1. The normalized spacial score (nSPS) is 11.2. The van der Waals surface area contributed by atoms with Gasteiger partial charge in [0, 0.05) is 14.0 Å². The largest absolute Gasteiger partial charge is 0.444 e. The van der Waals surface area contributed by atoms with Crippen LogP contribution in [0.2, 0.25) is 0 Å². The summed E-state index contributed by atoms with van der Waals surface area (Å²) < 4.78 is 7.14. The van der Waals surface area contributed by atoms with Crippen molar-refractivity contribution in [1.29, 1.82) is 0 Å². The Labute approximate surface area is 115 Å². The number of nitrogens with zero attached hydrogens (tertiary/aromatic N) is 5. The Balaban J connectivity index is 1.87. The summed E-state index contributed by atoms with van der Waals surface area (Å²) in [5, 5.41) is 7.94. The molecule has 0 saturated heterocycles. The van der Waals surface area contributed by atoms with Gasteiger partial charge in [0.25, 0.3) is 0 Å². The van der Waals surface area contributed by atoms with Crippen LogP contribution < -0.4 is 11.1 Å². The van der Waals surface area contributed by atoms with Gasteiger partial charge in [-0.25, -0.2) is 4.98 Å². The molecule has 3 rings (SSSR count). The summed E-state index contributed by atoms with van der Waals surface area (Å²) >= 11 is 0. The van der Waals surface area contributed by atoms with Crippen LogP contribution in [-0.2, 0) is 13.6 Å². The van der Waals surface area contributed by atoms with E-state index in [0.29, 0.717) is 29.8 Å². The molecule has 104 valence electrons. The summed E-state index contributed by atoms with van der Waals surface area (Å²) in [5.74, 6) is 2.24. The molecule has 20 heavy (non-hydrogen) atoms. The molecule has 3 aromatic heterocycles. The lowest BCUT2D eigenvalue weighted by atomic mass is 10.3. The monoisotopic (exact) mass is 273 g/mol. The van der Waals surface area contributed by atoms with Crippen molar-refractivity contribution in [2.24, 2.45) is 7.05 Å². The zero-order valence-corrected chi connectivity index (χ0v) is 11.5. The van der Waals surface area contributed by atoms with Crippen molar-refractivity contribution in [3.8, 4) is 0 Å². The number of nitrogens with one attached hydrogen (secondary N) is 1. The second kappa shape index (κ2) is 4.48. The molecular weight excluding hydrogens is 258 g/mol. The van der Waals surface area contributed by atoms with Gasteiger partial charge in [-0.05, 0) is 6.92 Å². The fraction of sp³-hybridized carbons (Fsp3) is 0.333. The minimum Gasteiger partial charge on any atom is -0.444 e. The molecule has 8 nitrogen and oxygen atoms in total. The summed E-state index contributed by atoms with van der Waals surface area (Å²) in [7, 11) is 1.81. The average Bonchev–Trinajstić information content (AvgIpc) is 2.91. The highest BCUT2D eigenvalue weighted by Gasteiger charge is 2.11. The number of oxazole rings is 1. The third-order valence-corrected chi connectivity index (χ3v) is 3.03. The predicted octanol–water partition coefficient (Wildman–Crippen LogP) is 1.16. The number of nitrogens with two attached hydrogens (primary N) is 1. The Morgan fingerprint density at radius 3 is 2.80 bits per heavy atom. The van der Waals surface area contributed by atoms with E-state index in [0.717, 1.165) is 16.8 Å². The van der Waals surface area contributed by atoms with Gasteiger partial charge in [0.15, 0.2) is 11.5 Å². The van der Waals surface area contributed by atoms with Gasteiger partial charge in [0.2, 0.25) is 5.95 Å². The van der Waals surface area contributed by atoms with Gasteiger partial charge in [-0.15, -0.1) is 0 Å². The van der Waals surface area contributed by atoms with Gasteiger partial charge in [0.05, 0.1) is 23.8 Å². The van der Waals surface area contributed by atoms with Crippen molar-refractivity contribution < 1.29 is 4.42 Å². The standard InChI is InChI=1S/C12H15N7O/c1-6-9(20-7(2)16-6)5-14-12-17-10(13)8-4-15-19(3)11(8)18-12/h4H,5H2,1-3H3,(H3,13,14,17,18). The lowest BCUT2D eigenvalue weighted by Gasteiger charge is -2.05. The van der Waals surface area contributed by atoms with E-state index in [1.807, 2.05) is 20.9 Å². The topological polar surface area (TPSA) is 108 Å². The first kappa shape index (κ1) is 12.4. The zero-order valence-electron chi connectivity index (χ0n) is 11.5. The molecule has 3 heterocycles. The van der Waals surface area contributed by atoms with E-state index in [-0.39, 0.29) is 0 Å². The number of hydrogen-bond acceptors (Lipinski definition) is 7. The smallest absolute Gasteiger partial charge is 0.227 e. The van der Waals surface area contributed by atoms with Crippen LogP contribution in [0.5, 0.6) is 0 Å². The van der Waals surface area contributed by atoms with E-state index in [9.17, 15) is 0 Å². The van der Waals surface area contributed by atoms with Gasteiger partial charge >= 0.3 is 0 Å². The number of anilines is 2. The van der Waals surface area contributed by atoms with Gasteiger partial charge in [-0.2, -0.15) is 15.1 Å². The Morgan fingerprint density at radius 2 is 2.10 bits per heavy atom. The van der Waals surface area contributed by atoms with Crippen LogP contribution in [-0.4, -0.2) is 24.7 Å². The third kappa shape index (κ3) is 2.04. The van der Waals surface area contributed by atoms with E-state index in [1.54, 1.807) is 10.9 Å². The number of rotatable bonds is 3. The Hall–Kier alpha value is -2.64. The Bertz CT molecular complexity index is 774. The predicted molar refractivity (Wildman–Crippen MR) is 74.0 cm³/mol. The minimum atomic E-state index is 0.399. The molecule has 0 aliphatic carbocycles. The first-order valence-electron chi connectivity index (χ1n) is 6.16. The Kier molecular flexibility index (Phi) is 2.78. The summed E-state index contributed by atoms with van der Waals surface area (Å²) in [6.07, 6.45) is 1.65. The molecule has 0 unspecified atom stereocenters. The SMILES string of the molecule is Cc1nc(C)c(CNc2nc(N)c3cnn(C)c3n2)o1. The van der Waals surface area contributed by atoms with Gasteiger partial charge in [-0.3, -0.25) is 4.68 Å². The van der Waals surface area contributed by atoms with Crippen molar-refractivity contribution in [1.82, 2.24) is 24.7 Å². The third-order valence-electron chi connectivity index (χ3n) is 3.03. The maximum Gasteiger partial charge on any atom is 0.227 e. The second-order valence-corrected chi connectivity index (χ2v) is 4.53. The highest BCUT2D eigenvalue weighted by atomic mass is 16.4. The lowest BCUT2D eigenvalue weighted by molar-refractivity contribution is 0.480. The van der Waals surface area contributed by atoms with Crippen molar-refractivity contribution in [2.45, 2.75) is 20.4 Å².